The van der Waals surface area contributed by atoms with Gasteiger partial charge in [-0.15, -0.1) is 0 Å². The van der Waals surface area contributed by atoms with Crippen LogP contribution in [0.15, 0.2) is 0 Å². The molecule has 0 aliphatic heterocycles. The number of carbonyl (C=O) groups excluding carboxylic acids is 2. The predicted molar refractivity (Wildman–Crippen MR) is 94.2 cm³/mol. The average molecular weight is 339 g/mol. The molecule has 0 aromatic heterocycles. The van der Waals surface area contributed by atoms with Gasteiger partial charge in [-0.3, -0.25) is 9.59 Å². The molecule has 4 rings (SSSR count). The smallest absolute Gasteiger partial charge is 0.221 e. The van der Waals surface area contributed by atoms with Crippen molar-refractivity contribution < 1.29 is 9.59 Å². The van der Waals surface area contributed by atoms with Gasteiger partial charge in [-0.2, -0.15) is 0 Å². The van der Waals surface area contributed by atoms with Crippen LogP contribution in [0.5, 0.6) is 0 Å². The minimum Gasteiger partial charge on any atom is -0.355 e. The van der Waals surface area contributed by atoms with Crippen LogP contribution < -0.4 is 5.32 Å². The Kier molecular flexibility index (Phi) is 5.07. The lowest BCUT2D eigenvalue weighted by atomic mass is 9.50. The zero-order chi connectivity index (χ0) is 16.6. The van der Waals surface area contributed by atoms with Gasteiger partial charge in [-0.25, -0.2) is 0 Å². The van der Waals surface area contributed by atoms with Crippen molar-refractivity contribution in [1.82, 2.24) is 10.2 Å². The molecular formula is C18H30N2O2S. The van der Waals surface area contributed by atoms with Crippen LogP contribution in [0.3, 0.4) is 0 Å². The van der Waals surface area contributed by atoms with Crippen LogP contribution in [-0.2, 0) is 9.59 Å². The molecule has 23 heavy (non-hydrogen) atoms. The largest absolute Gasteiger partial charge is 0.355 e. The average Bonchev–Trinajstić information content (AvgIpc) is 2.42. The molecule has 0 atom stereocenters. The molecule has 130 valence electrons. The first-order valence-electron chi connectivity index (χ1n) is 9.00. The second-order valence-electron chi connectivity index (χ2n) is 8.18. The molecule has 0 spiro atoms. The summed E-state index contributed by atoms with van der Waals surface area (Å²) in [5.74, 6) is 2.97. The summed E-state index contributed by atoms with van der Waals surface area (Å²) in [6, 6.07) is 0. The van der Waals surface area contributed by atoms with Crippen LogP contribution >= 0.6 is 11.8 Å². The number of hydrogen-bond acceptors (Lipinski definition) is 4. The van der Waals surface area contributed by atoms with Gasteiger partial charge >= 0.3 is 0 Å². The highest BCUT2D eigenvalue weighted by molar-refractivity contribution is 8.14. The van der Waals surface area contributed by atoms with E-state index >= 15 is 0 Å². The molecule has 1 N–H and O–H groups in total. The van der Waals surface area contributed by atoms with Crippen molar-refractivity contribution in [2.75, 3.05) is 27.2 Å². The molecule has 0 aromatic rings. The molecule has 4 fully saturated rings. The summed E-state index contributed by atoms with van der Waals surface area (Å²) in [6.45, 7) is 3.21. The van der Waals surface area contributed by atoms with Crippen molar-refractivity contribution in [3.05, 3.63) is 0 Å². The molecule has 0 saturated heterocycles. The molecular weight excluding hydrogens is 308 g/mol. The fraction of sp³-hybridized carbons (Fsp3) is 0.889. The van der Waals surface area contributed by atoms with Crippen molar-refractivity contribution in [1.29, 1.82) is 0 Å². The first-order valence-corrected chi connectivity index (χ1v) is 9.81. The second kappa shape index (κ2) is 6.75. The van der Waals surface area contributed by atoms with Crippen LogP contribution in [0.25, 0.3) is 0 Å². The molecule has 4 aliphatic carbocycles. The van der Waals surface area contributed by atoms with E-state index in [9.17, 15) is 9.59 Å². The third kappa shape index (κ3) is 3.60. The zero-order valence-electron chi connectivity index (χ0n) is 14.6. The summed E-state index contributed by atoms with van der Waals surface area (Å²) in [7, 11) is 4.02. The fourth-order valence-corrected chi connectivity index (χ4v) is 6.93. The molecule has 1 amide bonds. The Morgan fingerprint density at radius 1 is 1.09 bits per heavy atom. The van der Waals surface area contributed by atoms with Crippen LogP contribution in [-0.4, -0.2) is 47.9 Å². The van der Waals surface area contributed by atoms with E-state index in [2.05, 4.69) is 10.2 Å². The zero-order valence-corrected chi connectivity index (χ0v) is 15.5. The maximum Gasteiger partial charge on any atom is 0.221 e. The molecule has 0 aromatic carbocycles. The first kappa shape index (κ1) is 17.3. The van der Waals surface area contributed by atoms with Gasteiger partial charge in [-0.05, 0) is 69.9 Å². The summed E-state index contributed by atoms with van der Waals surface area (Å²) < 4.78 is -0.124. The quantitative estimate of drug-likeness (QED) is 0.808. The van der Waals surface area contributed by atoms with Gasteiger partial charge in [-0.1, -0.05) is 11.8 Å². The van der Waals surface area contributed by atoms with Crippen molar-refractivity contribution in [3.63, 3.8) is 0 Å². The van der Waals surface area contributed by atoms with Gasteiger partial charge in [0.15, 0.2) is 5.12 Å². The van der Waals surface area contributed by atoms with Crippen LogP contribution in [0, 0.1) is 23.7 Å². The third-order valence-electron chi connectivity index (χ3n) is 6.17. The number of nitrogens with one attached hydrogen (secondary N) is 1. The van der Waals surface area contributed by atoms with Gasteiger partial charge in [0, 0.05) is 31.2 Å². The fourth-order valence-electron chi connectivity index (χ4n) is 5.47. The molecule has 5 heteroatoms. The van der Waals surface area contributed by atoms with Gasteiger partial charge in [0.2, 0.25) is 5.91 Å². The van der Waals surface area contributed by atoms with E-state index < -0.39 is 0 Å². The van der Waals surface area contributed by atoms with Gasteiger partial charge in [0.05, 0.1) is 0 Å². The number of nitrogens with zero attached hydrogens (tertiary/aromatic N) is 1. The number of likely N-dealkylation sites (N-methyl/N-ethyl adjacent to an activating group) is 1. The highest BCUT2D eigenvalue weighted by atomic mass is 32.2. The van der Waals surface area contributed by atoms with E-state index in [1.807, 2.05) is 14.1 Å². The van der Waals surface area contributed by atoms with Crippen LogP contribution in [0.2, 0.25) is 0 Å². The van der Waals surface area contributed by atoms with Crippen LogP contribution in [0.4, 0.5) is 0 Å². The minimum absolute atomic E-state index is 0.124. The predicted octanol–water partition coefficient (Wildman–Crippen LogP) is 2.53. The van der Waals surface area contributed by atoms with Crippen molar-refractivity contribution >= 4 is 22.8 Å². The Labute approximate surface area is 144 Å². The topological polar surface area (TPSA) is 49.4 Å². The van der Waals surface area contributed by atoms with E-state index in [0.29, 0.717) is 24.8 Å². The molecule has 4 saturated carbocycles. The first-order chi connectivity index (χ1) is 10.9. The molecule has 4 nitrogen and oxygen atoms in total. The molecule has 0 heterocycles. The Bertz CT molecular complexity index is 450. The number of hydrogen-bond donors (Lipinski definition) is 1. The Morgan fingerprint density at radius 2 is 1.65 bits per heavy atom. The monoisotopic (exact) mass is 338 g/mol. The summed E-state index contributed by atoms with van der Waals surface area (Å²) in [5.41, 5.74) is 0. The molecule has 4 aliphatic rings. The number of carbonyl (C=O) groups is 2. The van der Waals surface area contributed by atoms with Gasteiger partial charge in [0.25, 0.3) is 0 Å². The third-order valence-corrected chi connectivity index (χ3v) is 7.65. The van der Waals surface area contributed by atoms with E-state index in [1.54, 1.807) is 6.92 Å². The van der Waals surface area contributed by atoms with Gasteiger partial charge in [0.1, 0.15) is 0 Å². The Hall–Kier alpha value is -0.550. The van der Waals surface area contributed by atoms with Crippen molar-refractivity contribution in [2.45, 2.75) is 50.2 Å². The minimum atomic E-state index is -0.124. The normalized spacial score (nSPS) is 38.1. The molecule has 0 radical (unpaired) electrons. The number of amides is 1. The Balaban J connectivity index is 1.70. The van der Waals surface area contributed by atoms with E-state index in [4.69, 9.17) is 0 Å². The molecule has 0 unspecified atom stereocenters. The lowest BCUT2D eigenvalue weighted by Gasteiger charge is -2.60. The number of rotatable bonds is 6. The Morgan fingerprint density at radius 3 is 2.13 bits per heavy atom. The van der Waals surface area contributed by atoms with Gasteiger partial charge < -0.3 is 10.2 Å². The SMILES string of the molecule is CC(=O)SC1(CC(=O)NCCN(C)C)C2CC3CC(C2)CC1C3. The summed E-state index contributed by atoms with van der Waals surface area (Å²) in [4.78, 5) is 26.6. The lowest BCUT2D eigenvalue weighted by molar-refractivity contribution is -0.124. The summed E-state index contributed by atoms with van der Waals surface area (Å²) in [5, 5.41) is 3.25. The molecule has 4 bridgehead atoms. The van der Waals surface area contributed by atoms with E-state index in [-0.39, 0.29) is 15.8 Å². The van der Waals surface area contributed by atoms with E-state index in [0.717, 1.165) is 18.4 Å². The second-order valence-corrected chi connectivity index (χ2v) is 9.72. The maximum absolute atomic E-state index is 12.5. The van der Waals surface area contributed by atoms with E-state index in [1.165, 1.54) is 43.9 Å². The highest BCUT2D eigenvalue weighted by Gasteiger charge is 2.58. The highest BCUT2D eigenvalue weighted by Crippen LogP contribution is 2.64. The summed E-state index contributed by atoms with van der Waals surface area (Å²) in [6.07, 6.45) is 6.86. The number of thioether (sulfide) groups is 1. The maximum atomic E-state index is 12.5. The van der Waals surface area contributed by atoms with Crippen molar-refractivity contribution in [3.8, 4) is 0 Å². The lowest BCUT2D eigenvalue weighted by Crippen LogP contribution is -2.57. The standard InChI is InChI=1S/C18H30N2O2S/c1-12(21)23-18(11-17(22)19-4-5-20(2)3)15-7-13-6-14(9-15)10-16(18)8-13/h13-16H,4-11H2,1-3H3,(H,19,22). The van der Waals surface area contributed by atoms with Crippen molar-refractivity contribution in [2.24, 2.45) is 23.7 Å². The van der Waals surface area contributed by atoms with Crippen LogP contribution in [0.1, 0.15) is 45.4 Å². The summed E-state index contributed by atoms with van der Waals surface area (Å²) >= 11 is 1.50.